The van der Waals surface area contributed by atoms with Crippen molar-refractivity contribution >= 4 is 69.2 Å². The monoisotopic (exact) mass is 752 g/mol. The summed E-state index contributed by atoms with van der Waals surface area (Å²) in [7, 11) is 0. The standard InChI is InChI=1S/2C13H17IN2O3/c2*1-8-5-6-9(7-10(8)14)11(17)15-16-12(18)19-13(2,3)4/h2*5-7H,1-4H3,(H,15,17)(H,16,18). The summed E-state index contributed by atoms with van der Waals surface area (Å²) in [6.07, 6.45) is -1.38. The van der Waals surface area contributed by atoms with E-state index in [-0.39, 0.29) is 11.8 Å². The van der Waals surface area contributed by atoms with Crippen molar-refractivity contribution in [1.29, 1.82) is 0 Å². The highest BCUT2D eigenvalue weighted by Crippen LogP contribution is 2.14. The molecule has 208 valence electrons. The number of aryl methyl sites for hydroxylation is 2. The Bertz CT molecular complexity index is 1080. The average Bonchev–Trinajstić information content (AvgIpc) is 2.77. The third kappa shape index (κ3) is 13.3. The van der Waals surface area contributed by atoms with Crippen LogP contribution in [0.15, 0.2) is 36.4 Å². The van der Waals surface area contributed by atoms with E-state index in [2.05, 4.69) is 66.9 Å². The molecule has 0 atom stereocenters. The van der Waals surface area contributed by atoms with E-state index in [9.17, 15) is 19.2 Å². The number of ether oxygens (including phenoxy) is 2. The Morgan fingerprint density at radius 2 is 0.921 bits per heavy atom. The summed E-state index contributed by atoms with van der Waals surface area (Å²) >= 11 is 4.30. The largest absolute Gasteiger partial charge is 0.443 e. The molecule has 0 aliphatic heterocycles. The molecule has 0 saturated heterocycles. The Balaban J connectivity index is 0.000000380. The lowest BCUT2D eigenvalue weighted by molar-refractivity contribution is 0.0477. The molecule has 0 heterocycles. The van der Waals surface area contributed by atoms with Crippen molar-refractivity contribution < 1.29 is 28.7 Å². The van der Waals surface area contributed by atoms with Gasteiger partial charge in [-0.2, -0.15) is 0 Å². The van der Waals surface area contributed by atoms with Crippen LogP contribution in [0.4, 0.5) is 9.59 Å². The second-order valence-electron chi connectivity index (χ2n) is 10.1. The summed E-state index contributed by atoms with van der Waals surface area (Å²) in [6, 6.07) is 10.6. The summed E-state index contributed by atoms with van der Waals surface area (Å²) in [5, 5.41) is 0. The van der Waals surface area contributed by atoms with Crippen molar-refractivity contribution in [1.82, 2.24) is 21.7 Å². The fourth-order valence-electron chi connectivity index (χ4n) is 2.44. The predicted molar refractivity (Wildman–Crippen MR) is 161 cm³/mol. The van der Waals surface area contributed by atoms with Gasteiger partial charge in [-0.3, -0.25) is 20.4 Å². The fourth-order valence-corrected chi connectivity index (χ4v) is 3.47. The van der Waals surface area contributed by atoms with Gasteiger partial charge in [0.15, 0.2) is 0 Å². The number of hydrogen-bond donors (Lipinski definition) is 4. The molecular weight excluding hydrogens is 718 g/mol. The number of carbonyl (C=O) groups excluding carboxylic acids is 4. The van der Waals surface area contributed by atoms with E-state index < -0.39 is 23.4 Å². The van der Waals surface area contributed by atoms with E-state index >= 15 is 0 Å². The molecule has 38 heavy (non-hydrogen) atoms. The number of carbonyl (C=O) groups is 4. The minimum Gasteiger partial charge on any atom is -0.443 e. The van der Waals surface area contributed by atoms with Gasteiger partial charge in [0, 0.05) is 18.3 Å². The van der Waals surface area contributed by atoms with Gasteiger partial charge in [0.05, 0.1) is 0 Å². The van der Waals surface area contributed by atoms with Crippen LogP contribution in [0.25, 0.3) is 0 Å². The molecule has 0 fully saturated rings. The van der Waals surface area contributed by atoms with Gasteiger partial charge in [-0.25, -0.2) is 20.4 Å². The summed E-state index contributed by atoms with van der Waals surface area (Å²) in [6.45, 7) is 14.4. The highest BCUT2D eigenvalue weighted by atomic mass is 127. The second-order valence-corrected chi connectivity index (χ2v) is 12.4. The number of amides is 4. The van der Waals surface area contributed by atoms with Gasteiger partial charge >= 0.3 is 12.2 Å². The molecule has 0 radical (unpaired) electrons. The number of rotatable bonds is 2. The zero-order valence-corrected chi connectivity index (χ0v) is 27.0. The molecule has 0 aliphatic carbocycles. The van der Waals surface area contributed by atoms with E-state index in [4.69, 9.17) is 9.47 Å². The van der Waals surface area contributed by atoms with Crippen LogP contribution in [0.3, 0.4) is 0 Å². The maximum Gasteiger partial charge on any atom is 0.426 e. The first-order valence-corrected chi connectivity index (χ1v) is 13.6. The molecule has 2 aromatic rings. The molecule has 0 unspecified atom stereocenters. The summed E-state index contributed by atoms with van der Waals surface area (Å²) in [4.78, 5) is 46.3. The smallest absolute Gasteiger partial charge is 0.426 e. The maximum absolute atomic E-state index is 11.8. The minimum absolute atomic E-state index is 0.385. The van der Waals surface area contributed by atoms with Crippen molar-refractivity contribution in [3.63, 3.8) is 0 Å². The maximum atomic E-state index is 11.8. The van der Waals surface area contributed by atoms with E-state index in [0.29, 0.717) is 11.1 Å². The predicted octanol–water partition coefficient (Wildman–Crippen LogP) is 5.54. The lowest BCUT2D eigenvalue weighted by atomic mass is 10.1. The summed E-state index contributed by atoms with van der Waals surface area (Å²) < 4.78 is 12.0. The van der Waals surface area contributed by atoms with Gasteiger partial charge in [-0.15, -0.1) is 0 Å². The van der Waals surface area contributed by atoms with Crippen molar-refractivity contribution in [2.75, 3.05) is 0 Å². The zero-order chi connectivity index (χ0) is 29.3. The van der Waals surface area contributed by atoms with Gasteiger partial charge in [0.25, 0.3) is 11.8 Å². The summed E-state index contributed by atoms with van der Waals surface area (Å²) in [5.41, 5.74) is 11.0. The van der Waals surface area contributed by atoms with Gasteiger partial charge in [-0.1, -0.05) is 12.1 Å². The number of nitrogens with one attached hydrogen (secondary N) is 4. The van der Waals surface area contributed by atoms with Crippen LogP contribution in [0.5, 0.6) is 0 Å². The van der Waals surface area contributed by atoms with Gasteiger partial charge in [0.2, 0.25) is 0 Å². The van der Waals surface area contributed by atoms with Crippen molar-refractivity contribution in [2.24, 2.45) is 0 Å². The van der Waals surface area contributed by atoms with Crippen molar-refractivity contribution in [3.8, 4) is 0 Å². The third-order valence-corrected chi connectivity index (χ3v) is 6.55. The molecule has 0 saturated carbocycles. The van der Waals surface area contributed by atoms with Gasteiger partial charge < -0.3 is 9.47 Å². The molecule has 0 spiro atoms. The number of benzene rings is 2. The molecule has 12 heteroatoms. The van der Waals surface area contributed by atoms with Crippen LogP contribution in [-0.4, -0.2) is 35.2 Å². The van der Waals surface area contributed by atoms with Crippen LogP contribution < -0.4 is 21.7 Å². The Hall–Kier alpha value is -2.62. The van der Waals surface area contributed by atoms with Gasteiger partial charge in [-0.05, 0) is 136 Å². The third-order valence-electron chi connectivity index (χ3n) is 4.22. The van der Waals surface area contributed by atoms with Crippen LogP contribution in [0.1, 0.15) is 73.4 Å². The second kappa shape index (κ2) is 14.5. The Morgan fingerprint density at radius 1 is 0.605 bits per heavy atom. The molecule has 4 N–H and O–H groups in total. The van der Waals surface area contributed by atoms with E-state index in [0.717, 1.165) is 18.3 Å². The zero-order valence-electron chi connectivity index (χ0n) is 22.7. The normalized spacial score (nSPS) is 10.8. The lowest BCUT2D eigenvalue weighted by Gasteiger charge is -2.19. The summed E-state index contributed by atoms with van der Waals surface area (Å²) in [5.74, 6) is -0.771. The topological polar surface area (TPSA) is 135 Å². The molecule has 2 rings (SSSR count). The quantitative estimate of drug-likeness (QED) is 0.235. The van der Waals surface area contributed by atoms with E-state index in [1.165, 1.54) is 0 Å². The molecule has 10 nitrogen and oxygen atoms in total. The highest BCUT2D eigenvalue weighted by molar-refractivity contribution is 14.1. The van der Waals surface area contributed by atoms with Crippen molar-refractivity contribution in [2.45, 2.75) is 66.6 Å². The fraction of sp³-hybridized carbons (Fsp3) is 0.385. The number of halogens is 2. The number of hydrazine groups is 2. The first kappa shape index (κ1) is 33.4. The Morgan fingerprint density at radius 3 is 1.18 bits per heavy atom. The van der Waals surface area contributed by atoms with Crippen LogP contribution >= 0.6 is 45.2 Å². The first-order valence-electron chi connectivity index (χ1n) is 11.5. The van der Waals surface area contributed by atoms with Crippen LogP contribution in [0, 0.1) is 21.0 Å². The van der Waals surface area contributed by atoms with Crippen molar-refractivity contribution in [3.05, 3.63) is 65.8 Å². The van der Waals surface area contributed by atoms with Crippen LogP contribution in [-0.2, 0) is 9.47 Å². The lowest BCUT2D eigenvalue weighted by Crippen LogP contribution is -2.44. The number of hydrogen-bond acceptors (Lipinski definition) is 6. The Labute approximate surface area is 250 Å². The van der Waals surface area contributed by atoms with Gasteiger partial charge in [0.1, 0.15) is 11.2 Å². The van der Waals surface area contributed by atoms with Crippen LogP contribution in [0.2, 0.25) is 0 Å². The molecule has 0 aliphatic rings. The minimum atomic E-state index is -0.692. The highest BCUT2D eigenvalue weighted by Gasteiger charge is 2.18. The molecular formula is C26H34I2N4O6. The Kier molecular flexibility index (Phi) is 12.8. The molecule has 4 amide bonds. The van der Waals surface area contributed by atoms with E-state index in [1.54, 1.807) is 65.8 Å². The molecule has 0 aromatic heterocycles. The first-order chi connectivity index (χ1) is 17.4. The SMILES string of the molecule is Cc1ccc(C(=O)NNC(=O)OC(C)(C)C)cc1I.Cc1ccc(C(=O)NNC(=O)OC(C)(C)C)cc1I. The molecule has 2 aromatic carbocycles. The molecule has 0 bridgehead atoms. The van der Waals surface area contributed by atoms with E-state index in [1.807, 2.05) is 26.0 Å². The average molecular weight is 752 g/mol.